The van der Waals surface area contributed by atoms with Crippen molar-refractivity contribution in [3.05, 3.63) is 24.3 Å². The first-order valence-electron chi connectivity index (χ1n) is 9.15. The summed E-state index contributed by atoms with van der Waals surface area (Å²) in [4.78, 5) is 4.53. The third-order valence-corrected chi connectivity index (χ3v) is 3.35. The molecule has 1 aromatic carbocycles. The highest BCUT2D eigenvalue weighted by atomic mass is 127. The van der Waals surface area contributed by atoms with Crippen LogP contribution in [0.5, 0.6) is 5.75 Å². The van der Waals surface area contributed by atoms with Crippen LogP contribution in [0.2, 0.25) is 0 Å². The third kappa shape index (κ3) is 12.3. The lowest BCUT2D eigenvalue weighted by molar-refractivity contribution is 0.139. The molecule has 0 amide bonds. The molecule has 0 spiro atoms. The summed E-state index contributed by atoms with van der Waals surface area (Å²) in [5, 5.41) is 6.54. The molecular formula is C19H34IN3O3. The number of halogens is 1. The largest absolute Gasteiger partial charge is 0.493 e. The third-order valence-electron chi connectivity index (χ3n) is 3.35. The second-order valence-electron chi connectivity index (χ2n) is 5.57. The molecule has 150 valence electrons. The molecule has 0 atom stereocenters. The number of rotatable bonds is 13. The number of nitrogens with one attached hydrogen (secondary N) is 2. The number of hydrogen-bond donors (Lipinski definition) is 2. The maximum Gasteiger partial charge on any atom is 0.195 e. The molecule has 0 radical (unpaired) electrons. The fourth-order valence-corrected chi connectivity index (χ4v) is 2.07. The van der Waals surface area contributed by atoms with E-state index in [9.17, 15) is 0 Å². The van der Waals surface area contributed by atoms with Gasteiger partial charge in [0.1, 0.15) is 5.75 Å². The van der Waals surface area contributed by atoms with Crippen LogP contribution in [-0.2, 0) is 9.47 Å². The SMILES string of the molecule is CCCCOCCN=C(NCC)Nc1cccc(OCCCOC)c1.I. The Morgan fingerprint density at radius 3 is 2.65 bits per heavy atom. The Kier molecular flexibility index (Phi) is 16.7. The number of methoxy groups -OCH3 is 1. The van der Waals surface area contributed by atoms with Gasteiger partial charge in [-0.25, -0.2) is 0 Å². The van der Waals surface area contributed by atoms with E-state index < -0.39 is 0 Å². The first-order valence-corrected chi connectivity index (χ1v) is 9.15. The van der Waals surface area contributed by atoms with Crippen molar-refractivity contribution in [1.82, 2.24) is 5.32 Å². The van der Waals surface area contributed by atoms with E-state index in [0.717, 1.165) is 49.8 Å². The van der Waals surface area contributed by atoms with Gasteiger partial charge in [-0.15, -0.1) is 24.0 Å². The van der Waals surface area contributed by atoms with E-state index in [0.29, 0.717) is 26.4 Å². The van der Waals surface area contributed by atoms with E-state index >= 15 is 0 Å². The Bertz CT molecular complexity index is 487. The number of guanidine groups is 1. The second kappa shape index (κ2) is 17.4. The Morgan fingerprint density at radius 2 is 1.92 bits per heavy atom. The molecule has 0 saturated heterocycles. The van der Waals surface area contributed by atoms with E-state index in [2.05, 4.69) is 22.5 Å². The summed E-state index contributed by atoms with van der Waals surface area (Å²) < 4.78 is 16.3. The van der Waals surface area contributed by atoms with Gasteiger partial charge in [-0.3, -0.25) is 4.99 Å². The van der Waals surface area contributed by atoms with Gasteiger partial charge >= 0.3 is 0 Å². The first kappa shape index (κ1) is 24.9. The Balaban J connectivity index is 0.00000625. The van der Waals surface area contributed by atoms with Gasteiger partial charge in [0.25, 0.3) is 0 Å². The second-order valence-corrected chi connectivity index (χ2v) is 5.57. The van der Waals surface area contributed by atoms with Crippen molar-refractivity contribution in [3.8, 4) is 5.75 Å². The zero-order valence-corrected chi connectivity index (χ0v) is 18.6. The Hall–Kier alpha value is -1.06. The molecule has 0 saturated carbocycles. The lowest BCUT2D eigenvalue weighted by atomic mass is 10.3. The summed E-state index contributed by atoms with van der Waals surface area (Å²) in [5.74, 6) is 1.58. The quantitative estimate of drug-likeness (QED) is 0.194. The summed E-state index contributed by atoms with van der Waals surface area (Å²) in [6.07, 6.45) is 3.12. The molecule has 1 rings (SSSR count). The molecule has 0 heterocycles. The van der Waals surface area contributed by atoms with Crippen LogP contribution in [0.15, 0.2) is 29.3 Å². The van der Waals surface area contributed by atoms with E-state index in [-0.39, 0.29) is 24.0 Å². The summed E-state index contributed by atoms with van der Waals surface area (Å²) in [7, 11) is 1.70. The fourth-order valence-electron chi connectivity index (χ4n) is 2.07. The van der Waals surface area contributed by atoms with Gasteiger partial charge in [-0.05, 0) is 25.5 Å². The summed E-state index contributed by atoms with van der Waals surface area (Å²) >= 11 is 0. The van der Waals surface area contributed by atoms with Crippen molar-refractivity contribution in [2.75, 3.05) is 51.9 Å². The number of nitrogens with zero attached hydrogens (tertiary/aromatic N) is 1. The first-order chi connectivity index (χ1) is 12.3. The maximum atomic E-state index is 5.73. The molecule has 0 aliphatic carbocycles. The van der Waals surface area contributed by atoms with Crippen molar-refractivity contribution >= 4 is 35.6 Å². The minimum Gasteiger partial charge on any atom is -0.493 e. The maximum absolute atomic E-state index is 5.73. The highest BCUT2D eigenvalue weighted by Gasteiger charge is 2.01. The minimum absolute atomic E-state index is 0. The number of benzene rings is 1. The smallest absolute Gasteiger partial charge is 0.195 e. The highest BCUT2D eigenvalue weighted by Crippen LogP contribution is 2.17. The van der Waals surface area contributed by atoms with Gasteiger partial charge in [0.2, 0.25) is 0 Å². The molecule has 2 N–H and O–H groups in total. The average molecular weight is 479 g/mol. The summed E-state index contributed by atoms with van der Waals surface area (Å²) in [6.45, 7) is 8.42. The monoisotopic (exact) mass is 479 g/mol. The predicted molar refractivity (Wildman–Crippen MR) is 119 cm³/mol. The zero-order chi connectivity index (χ0) is 18.2. The predicted octanol–water partition coefficient (Wildman–Crippen LogP) is 3.91. The zero-order valence-electron chi connectivity index (χ0n) is 16.3. The number of anilines is 1. The van der Waals surface area contributed by atoms with Gasteiger partial charge in [-0.2, -0.15) is 0 Å². The molecule has 7 heteroatoms. The fraction of sp³-hybridized carbons (Fsp3) is 0.632. The van der Waals surface area contributed by atoms with Crippen LogP contribution < -0.4 is 15.4 Å². The van der Waals surface area contributed by atoms with E-state index in [1.54, 1.807) is 7.11 Å². The van der Waals surface area contributed by atoms with Crippen LogP contribution in [-0.4, -0.2) is 52.6 Å². The van der Waals surface area contributed by atoms with E-state index in [1.165, 1.54) is 0 Å². The molecule has 1 aromatic rings. The van der Waals surface area contributed by atoms with Crippen LogP contribution >= 0.6 is 24.0 Å². The van der Waals surface area contributed by atoms with Crippen molar-refractivity contribution in [2.24, 2.45) is 4.99 Å². The van der Waals surface area contributed by atoms with Crippen LogP contribution in [0.3, 0.4) is 0 Å². The van der Waals surface area contributed by atoms with E-state index in [4.69, 9.17) is 14.2 Å². The van der Waals surface area contributed by atoms with Crippen molar-refractivity contribution < 1.29 is 14.2 Å². The standard InChI is InChI=1S/C19H33N3O3.HI/c1-4-6-13-24-15-11-21-19(20-5-2)22-17-9-7-10-18(16-17)25-14-8-12-23-3;/h7,9-10,16H,4-6,8,11-15H2,1-3H3,(H2,20,21,22);1H. The molecule has 0 bridgehead atoms. The molecule has 0 unspecified atom stereocenters. The lowest BCUT2D eigenvalue weighted by Gasteiger charge is -2.13. The normalized spacial score (nSPS) is 11.0. The molecule has 0 aliphatic rings. The van der Waals surface area contributed by atoms with Crippen molar-refractivity contribution in [1.29, 1.82) is 0 Å². The van der Waals surface area contributed by atoms with Gasteiger partial charge < -0.3 is 24.8 Å². The van der Waals surface area contributed by atoms with Gasteiger partial charge in [0, 0.05) is 45.0 Å². The average Bonchev–Trinajstić information content (AvgIpc) is 2.62. The topological polar surface area (TPSA) is 64.1 Å². The molecule has 26 heavy (non-hydrogen) atoms. The summed E-state index contributed by atoms with van der Waals surface area (Å²) in [5.41, 5.74) is 0.941. The lowest BCUT2D eigenvalue weighted by Crippen LogP contribution is -2.31. The molecule has 6 nitrogen and oxygen atoms in total. The van der Waals surface area contributed by atoms with Crippen molar-refractivity contribution in [3.63, 3.8) is 0 Å². The molecule has 0 fully saturated rings. The van der Waals surface area contributed by atoms with Crippen LogP contribution in [0.1, 0.15) is 33.1 Å². The summed E-state index contributed by atoms with van der Waals surface area (Å²) in [6, 6.07) is 7.87. The van der Waals surface area contributed by atoms with Gasteiger partial charge in [-0.1, -0.05) is 19.4 Å². The number of ether oxygens (including phenoxy) is 3. The van der Waals surface area contributed by atoms with Crippen LogP contribution in [0, 0.1) is 0 Å². The Morgan fingerprint density at radius 1 is 1.08 bits per heavy atom. The number of unbranched alkanes of at least 4 members (excludes halogenated alkanes) is 1. The van der Waals surface area contributed by atoms with Gasteiger partial charge in [0.15, 0.2) is 5.96 Å². The Labute approximate surface area is 175 Å². The number of hydrogen-bond acceptors (Lipinski definition) is 4. The molecule has 0 aromatic heterocycles. The molecule has 0 aliphatic heterocycles. The van der Waals surface area contributed by atoms with Crippen molar-refractivity contribution in [2.45, 2.75) is 33.1 Å². The highest BCUT2D eigenvalue weighted by molar-refractivity contribution is 14.0. The van der Waals surface area contributed by atoms with Crippen LogP contribution in [0.4, 0.5) is 5.69 Å². The number of aliphatic imine (C=N–C) groups is 1. The van der Waals surface area contributed by atoms with E-state index in [1.807, 2.05) is 31.2 Å². The molecular weight excluding hydrogens is 445 g/mol. The van der Waals surface area contributed by atoms with Gasteiger partial charge in [0.05, 0.1) is 19.8 Å². The minimum atomic E-state index is 0. The van der Waals surface area contributed by atoms with Crippen LogP contribution in [0.25, 0.3) is 0 Å².